The van der Waals surface area contributed by atoms with E-state index < -0.39 is 0 Å². The van der Waals surface area contributed by atoms with Crippen molar-refractivity contribution in [1.29, 1.82) is 0 Å². The average molecular weight is 207 g/mol. The van der Waals surface area contributed by atoms with Crippen molar-refractivity contribution in [2.45, 2.75) is 12.3 Å². The normalized spacial score (nSPS) is 23.7. The van der Waals surface area contributed by atoms with Crippen molar-refractivity contribution in [3.8, 4) is 11.5 Å². The summed E-state index contributed by atoms with van der Waals surface area (Å²) in [6.45, 7) is 0.777. The number of ether oxygens (including phenoxy) is 2. The monoisotopic (exact) mass is 207 g/mol. The Morgan fingerprint density at radius 3 is 2.53 bits per heavy atom. The van der Waals surface area contributed by atoms with Crippen molar-refractivity contribution < 1.29 is 9.47 Å². The van der Waals surface area contributed by atoms with E-state index in [1.54, 1.807) is 14.2 Å². The molecule has 0 aliphatic heterocycles. The van der Waals surface area contributed by atoms with Gasteiger partial charge in [0, 0.05) is 0 Å². The molecule has 1 aromatic rings. The highest BCUT2D eigenvalue weighted by atomic mass is 16.5. The van der Waals surface area contributed by atoms with Gasteiger partial charge in [-0.05, 0) is 42.5 Å². The number of hydrogen-bond donors (Lipinski definition) is 1. The SMILES string of the molecule is COc1ccc(C2CC2CN)cc1OC. The van der Waals surface area contributed by atoms with Crippen LogP contribution in [0, 0.1) is 5.92 Å². The maximum absolute atomic E-state index is 5.63. The molecule has 2 atom stereocenters. The number of rotatable bonds is 4. The van der Waals surface area contributed by atoms with Gasteiger partial charge in [-0.3, -0.25) is 0 Å². The Bertz CT molecular complexity index is 351. The first-order valence-corrected chi connectivity index (χ1v) is 5.22. The molecule has 1 aliphatic carbocycles. The molecule has 0 spiro atoms. The summed E-state index contributed by atoms with van der Waals surface area (Å²) in [7, 11) is 3.31. The van der Waals surface area contributed by atoms with Crippen LogP contribution in [0.5, 0.6) is 11.5 Å². The molecule has 15 heavy (non-hydrogen) atoms. The predicted molar refractivity (Wildman–Crippen MR) is 59.4 cm³/mol. The molecule has 82 valence electrons. The zero-order valence-corrected chi connectivity index (χ0v) is 9.19. The minimum atomic E-state index is 0.620. The van der Waals surface area contributed by atoms with Crippen molar-refractivity contribution in [3.05, 3.63) is 23.8 Å². The molecule has 1 aromatic carbocycles. The summed E-state index contributed by atoms with van der Waals surface area (Å²) < 4.78 is 10.5. The van der Waals surface area contributed by atoms with Crippen molar-refractivity contribution in [1.82, 2.24) is 0 Å². The molecular formula is C12H17NO2. The van der Waals surface area contributed by atoms with Crippen LogP contribution in [0.3, 0.4) is 0 Å². The number of benzene rings is 1. The molecule has 2 unspecified atom stereocenters. The molecule has 0 saturated heterocycles. The third-order valence-electron chi connectivity index (χ3n) is 3.06. The molecule has 0 amide bonds. The van der Waals surface area contributed by atoms with Gasteiger partial charge in [-0.1, -0.05) is 6.07 Å². The van der Waals surface area contributed by atoms with Crippen molar-refractivity contribution >= 4 is 0 Å². The van der Waals surface area contributed by atoms with E-state index in [1.165, 1.54) is 12.0 Å². The molecule has 2 N–H and O–H groups in total. The van der Waals surface area contributed by atoms with Crippen LogP contribution in [0.25, 0.3) is 0 Å². The highest BCUT2D eigenvalue weighted by Gasteiger charge is 2.37. The summed E-state index contributed by atoms with van der Waals surface area (Å²) in [4.78, 5) is 0. The number of hydrogen-bond acceptors (Lipinski definition) is 3. The fourth-order valence-corrected chi connectivity index (χ4v) is 2.00. The van der Waals surface area contributed by atoms with Gasteiger partial charge in [0.05, 0.1) is 14.2 Å². The van der Waals surface area contributed by atoms with Gasteiger partial charge in [0.1, 0.15) is 0 Å². The first kappa shape index (κ1) is 10.3. The van der Waals surface area contributed by atoms with E-state index in [0.717, 1.165) is 18.0 Å². The minimum absolute atomic E-state index is 0.620. The molecule has 0 aromatic heterocycles. The van der Waals surface area contributed by atoms with Crippen LogP contribution >= 0.6 is 0 Å². The molecule has 3 heteroatoms. The third kappa shape index (κ3) is 1.92. The molecule has 1 fully saturated rings. The second kappa shape index (κ2) is 4.11. The Morgan fingerprint density at radius 1 is 1.27 bits per heavy atom. The van der Waals surface area contributed by atoms with Crippen LogP contribution in [0.15, 0.2) is 18.2 Å². The van der Waals surface area contributed by atoms with E-state index in [9.17, 15) is 0 Å². The van der Waals surface area contributed by atoms with Gasteiger partial charge < -0.3 is 15.2 Å². The Balaban J connectivity index is 2.20. The molecule has 0 bridgehead atoms. The summed E-state index contributed by atoms with van der Waals surface area (Å²) in [5.74, 6) is 2.86. The molecule has 1 aliphatic rings. The second-order valence-electron chi connectivity index (χ2n) is 3.95. The summed E-state index contributed by atoms with van der Waals surface area (Å²) in [6, 6.07) is 6.11. The van der Waals surface area contributed by atoms with Crippen molar-refractivity contribution in [3.63, 3.8) is 0 Å². The van der Waals surface area contributed by atoms with E-state index in [4.69, 9.17) is 15.2 Å². The lowest BCUT2D eigenvalue weighted by Crippen LogP contribution is -2.02. The molecule has 2 rings (SSSR count). The van der Waals surface area contributed by atoms with Gasteiger partial charge in [-0.2, -0.15) is 0 Å². The summed E-state index contributed by atoms with van der Waals surface area (Å²) in [5.41, 5.74) is 6.94. The fraction of sp³-hybridized carbons (Fsp3) is 0.500. The lowest BCUT2D eigenvalue weighted by atomic mass is 10.1. The van der Waals surface area contributed by atoms with Crippen LogP contribution in [-0.2, 0) is 0 Å². The highest BCUT2D eigenvalue weighted by molar-refractivity contribution is 5.45. The average Bonchev–Trinajstić information content (AvgIpc) is 3.07. The van der Waals surface area contributed by atoms with Gasteiger partial charge >= 0.3 is 0 Å². The fourth-order valence-electron chi connectivity index (χ4n) is 2.00. The van der Waals surface area contributed by atoms with E-state index in [2.05, 4.69) is 12.1 Å². The molecule has 0 heterocycles. The largest absolute Gasteiger partial charge is 0.493 e. The van der Waals surface area contributed by atoms with Gasteiger partial charge in [0.15, 0.2) is 11.5 Å². The van der Waals surface area contributed by atoms with Gasteiger partial charge in [0.2, 0.25) is 0 Å². The van der Waals surface area contributed by atoms with E-state index in [0.29, 0.717) is 11.8 Å². The van der Waals surface area contributed by atoms with Crippen LogP contribution in [0.1, 0.15) is 17.9 Å². The predicted octanol–water partition coefficient (Wildman–Crippen LogP) is 1.77. The maximum atomic E-state index is 5.63. The van der Waals surface area contributed by atoms with Crippen LogP contribution < -0.4 is 15.2 Å². The zero-order chi connectivity index (χ0) is 10.8. The number of methoxy groups -OCH3 is 2. The quantitative estimate of drug-likeness (QED) is 0.818. The first-order chi connectivity index (χ1) is 7.30. The number of nitrogens with two attached hydrogens (primary N) is 1. The Labute approximate surface area is 90.2 Å². The Kier molecular flexibility index (Phi) is 2.82. The molecule has 1 saturated carbocycles. The zero-order valence-electron chi connectivity index (χ0n) is 9.19. The van der Waals surface area contributed by atoms with Gasteiger partial charge in [-0.25, -0.2) is 0 Å². The Hall–Kier alpha value is -1.22. The van der Waals surface area contributed by atoms with Crippen LogP contribution in [0.2, 0.25) is 0 Å². The first-order valence-electron chi connectivity index (χ1n) is 5.22. The highest BCUT2D eigenvalue weighted by Crippen LogP contribution is 2.48. The van der Waals surface area contributed by atoms with Crippen molar-refractivity contribution in [2.24, 2.45) is 11.7 Å². The Morgan fingerprint density at radius 2 is 2.00 bits per heavy atom. The van der Waals surface area contributed by atoms with E-state index >= 15 is 0 Å². The van der Waals surface area contributed by atoms with Gasteiger partial charge in [0.25, 0.3) is 0 Å². The second-order valence-corrected chi connectivity index (χ2v) is 3.95. The smallest absolute Gasteiger partial charge is 0.160 e. The molecule has 0 radical (unpaired) electrons. The summed E-state index contributed by atoms with van der Waals surface area (Å²) >= 11 is 0. The lowest BCUT2D eigenvalue weighted by molar-refractivity contribution is 0.354. The van der Waals surface area contributed by atoms with Crippen molar-refractivity contribution in [2.75, 3.05) is 20.8 Å². The minimum Gasteiger partial charge on any atom is -0.493 e. The topological polar surface area (TPSA) is 44.5 Å². The lowest BCUT2D eigenvalue weighted by Gasteiger charge is -2.09. The van der Waals surface area contributed by atoms with E-state index in [-0.39, 0.29) is 0 Å². The maximum Gasteiger partial charge on any atom is 0.160 e. The van der Waals surface area contributed by atoms with Crippen LogP contribution in [0.4, 0.5) is 0 Å². The molecular weight excluding hydrogens is 190 g/mol. The summed E-state index contributed by atoms with van der Waals surface area (Å²) in [5, 5.41) is 0. The third-order valence-corrected chi connectivity index (χ3v) is 3.06. The summed E-state index contributed by atoms with van der Waals surface area (Å²) in [6.07, 6.45) is 1.20. The standard InChI is InChI=1S/C12H17NO2/c1-14-11-4-3-8(6-12(11)15-2)10-5-9(10)7-13/h3-4,6,9-10H,5,7,13H2,1-2H3. The van der Waals surface area contributed by atoms with Gasteiger partial charge in [-0.15, -0.1) is 0 Å². The van der Waals surface area contributed by atoms with E-state index in [1.807, 2.05) is 6.07 Å². The van der Waals surface area contributed by atoms with Crippen LogP contribution in [-0.4, -0.2) is 20.8 Å². The molecule has 3 nitrogen and oxygen atoms in total.